The molecule has 2 aromatic carbocycles. The molecule has 2 spiro atoms. The van der Waals surface area contributed by atoms with Crippen LogP contribution in [0.15, 0.2) is 73.1 Å². The number of carbonyl (C=O) groups is 2. The van der Waals surface area contributed by atoms with Gasteiger partial charge in [0.15, 0.2) is 34.6 Å². The molecular weight excluding hydrogens is 767 g/mol. The summed E-state index contributed by atoms with van der Waals surface area (Å²) in [5.74, 6) is 3.95. The predicted octanol–water partition coefficient (Wildman–Crippen LogP) is 4.89. The van der Waals surface area contributed by atoms with E-state index in [1.165, 1.54) is 0 Å². The molecule has 0 radical (unpaired) electrons. The second-order valence-corrected chi connectivity index (χ2v) is 15.9. The molecule has 10 heterocycles. The number of aromatic amines is 2. The summed E-state index contributed by atoms with van der Waals surface area (Å²) >= 11 is 0. The largest absolute Gasteiger partial charge is 0.454 e. The zero-order valence-electron chi connectivity index (χ0n) is 32.6. The zero-order chi connectivity index (χ0) is 40.3. The first-order chi connectivity index (χ1) is 29.4. The van der Waals surface area contributed by atoms with Crippen LogP contribution in [0.25, 0.3) is 45.6 Å². The van der Waals surface area contributed by atoms with Crippen LogP contribution >= 0.6 is 0 Å². The number of amides is 2. The summed E-state index contributed by atoms with van der Waals surface area (Å²) in [7, 11) is 0. The lowest BCUT2D eigenvalue weighted by Crippen LogP contribution is -2.51. The van der Waals surface area contributed by atoms with E-state index < -0.39 is 0 Å². The Morgan fingerprint density at radius 2 is 1.03 bits per heavy atom. The number of benzene rings is 2. The third kappa shape index (κ3) is 6.30. The molecule has 60 heavy (non-hydrogen) atoms. The van der Waals surface area contributed by atoms with Crippen molar-refractivity contribution in [1.29, 1.82) is 0 Å². The highest BCUT2D eigenvalue weighted by molar-refractivity contribution is 5.99. The van der Waals surface area contributed by atoms with Gasteiger partial charge in [-0.25, -0.2) is 19.9 Å². The van der Waals surface area contributed by atoms with Crippen LogP contribution < -0.4 is 34.9 Å². The molecular formula is C44H41N9O7. The van der Waals surface area contributed by atoms with E-state index in [9.17, 15) is 9.59 Å². The molecule has 6 aliphatic heterocycles. The summed E-state index contributed by atoms with van der Waals surface area (Å²) in [6, 6.07) is 18.9. The first-order valence-corrected chi connectivity index (χ1v) is 20.2. The molecule has 304 valence electrons. The van der Waals surface area contributed by atoms with Crippen LogP contribution in [0.2, 0.25) is 0 Å². The summed E-state index contributed by atoms with van der Waals surface area (Å²) in [6.45, 7) is 5.06. The van der Waals surface area contributed by atoms with Gasteiger partial charge in [-0.05, 0) is 99.4 Å². The maximum atomic E-state index is 12.5. The third-order valence-corrected chi connectivity index (χ3v) is 12.5. The van der Waals surface area contributed by atoms with Crippen LogP contribution in [0.1, 0.15) is 57.8 Å². The van der Waals surface area contributed by atoms with E-state index in [2.05, 4.69) is 35.9 Å². The lowest BCUT2D eigenvalue weighted by Gasteiger charge is -2.40. The Balaban J connectivity index is 0.000000136. The summed E-state index contributed by atoms with van der Waals surface area (Å²) in [6.07, 6.45) is 7.21. The van der Waals surface area contributed by atoms with E-state index in [0.717, 1.165) is 101 Å². The first kappa shape index (κ1) is 36.3. The van der Waals surface area contributed by atoms with Crippen molar-refractivity contribution in [1.82, 2.24) is 45.9 Å². The molecule has 6 aromatic rings. The monoisotopic (exact) mass is 807 g/mol. The number of carbonyl (C=O) groups excluding carboxylic acids is 2. The minimum Gasteiger partial charge on any atom is -0.454 e. The Bertz CT molecular complexity index is 2480. The summed E-state index contributed by atoms with van der Waals surface area (Å²) in [5, 5.41) is 9.54. The molecule has 0 aliphatic carbocycles. The summed E-state index contributed by atoms with van der Waals surface area (Å²) in [4.78, 5) is 50.5. The molecule has 4 aromatic heterocycles. The Kier molecular flexibility index (Phi) is 8.77. The molecule has 2 saturated heterocycles. The van der Waals surface area contributed by atoms with E-state index in [0.29, 0.717) is 55.0 Å². The maximum Gasteiger partial charge on any atom is 0.253 e. The van der Waals surface area contributed by atoms with Gasteiger partial charge in [0.25, 0.3) is 11.8 Å². The highest BCUT2D eigenvalue weighted by atomic mass is 16.7. The van der Waals surface area contributed by atoms with Crippen molar-refractivity contribution in [2.45, 2.75) is 36.5 Å². The fourth-order valence-corrected chi connectivity index (χ4v) is 9.13. The topological polar surface area (TPSA) is 200 Å². The number of H-pyrrole nitrogens is 2. The lowest BCUT2D eigenvalue weighted by atomic mass is 9.73. The molecule has 12 rings (SSSR count). The average Bonchev–Trinajstić information content (AvgIpc) is 4.14. The minimum atomic E-state index is -0.104. The van der Waals surface area contributed by atoms with E-state index in [-0.39, 0.29) is 36.2 Å². The lowest BCUT2D eigenvalue weighted by molar-refractivity contribution is 0.0442. The average molecular weight is 808 g/mol. The van der Waals surface area contributed by atoms with E-state index in [1.807, 2.05) is 60.7 Å². The Labute approximate surface area is 343 Å². The van der Waals surface area contributed by atoms with Crippen LogP contribution in [0.5, 0.6) is 23.0 Å². The number of ether oxygens (including phenoxy) is 5. The number of piperidine rings is 1. The molecule has 16 heteroatoms. The van der Waals surface area contributed by atoms with Crippen LogP contribution in [-0.4, -0.2) is 94.7 Å². The van der Waals surface area contributed by atoms with E-state index >= 15 is 0 Å². The molecule has 2 fully saturated rings. The number of rotatable bonds is 4. The molecule has 2 amide bonds. The number of fused-ring (bicyclic) bond motifs is 6. The van der Waals surface area contributed by atoms with Gasteiger partial charge in [0.2, 0.25) is 13.6 Å². The van der Waals surface area contributed by atoms with Gasteiger partial charge in [0.05, 0.1) is 33.9 Å². The molecule has 5 N–H and O–H groups in total. The summed E-state index contributed by atoms with van der Waals surface area (Å²) in [5.41, 5.74) is 8.13. The van der Waals surface area contributed by atoms with Crippen molar-refractivity contribution in [3.63, 3.8) is 0 Å². The number of hydrogen-bond donors (Lipinski definition) is 5. The number of aromatic nitrogens is 6. The van der Waals surface area contributed by atoms with Crippen LogP contribution in [0.4, 0.5) is 0 Å². The highest BCUT2D eigenvalue weighted by Crippen LogP contribution is 2.42. The Morgan fingerprint density at radius 1 is 0.550 bits per heavy atom. The number of nitrogens with one attached hydrogen (secondary N) is 5. The maximum absolute atomic E-state index is 12.5. The Hall–Kier alpha value is -6.78. The molecule has 16 nitrogen and oxygen atoms in total. The highest BCUT2D eigenvalue weighted by Gasteiger charge is 2.43. The van der Waals surface area contributed by atoms with Crippen LogP contribution in [0, 0.1) is 0 Å². The smallest absolute Gasteiger partial charge is 0.253 e. The van der Waals surface area contributed by atoms with Gasteiger partial charge in [-0.2, -0.15) is 0 Å². The molecule has 0 saturated carbocycles. The van der Waals surface area contributed by atoms with Crippen molar-refractivity contribution in [3.05, 3.63) is 95.6 Å². The van der Waals surface area contributed by atoms with Gasteiger partial charge >= 0.3 is 0 Å². The predicted molar refractivity (Wildman–Crippen MR) is 217 cm³/mol. The van der Waals surface area contributed by atoms with Crippen molar-refractivity contribution in [3.8, 4) is 68.5 Å². The number of hydrogen-bond acceptors (Lipinski definition) is 12. The minimum absolute atomic E-state index is 0.0262. The quantitative estimate of drug-likeness (QED) is 0.162. The standard InChI is InChI=1S/C22H21N5O3.C22H20N4O4/c28-21-14-10-16(26-19(14)22(11-25-21)4-7-23-8-5-22)15-3-6-24-20(27-15)13-1-2-17-18(9-13)30-12-29-17;27-21-14-10-16(25-19(14)22(11-24-21)4-7-28-8-5-22)15-3-6-23-20(26-15)13-1-2-17-18(9-13)30-12-29-17/h1-3,6,9-10,23,26H,4-5,7-8,11-12H2,(H,25,28);1-3,6,9-10,25H,4-5,7-8,11-12H2,(H,24,27). The van der Waals surface area contributed by atoms with Gasteiger partial charge in [-0.15, -0.1) is 0 Å². The Morgan fingerprint density at radius 3 is 1.55 bits per heavy atom. The zero-order valence-corrected chi connectivity index (χ0v) is 32.6. The second kappa shape index (κ2) is 14.5. The molecule has 6 aliphatic rings. The van der Waals surface area contributed by atoms with Crippen LogP contribution in [0.3, 0.4) is 0 Å². The van der Waals surface area contributed by atoms with Crippen molar-refractivity contribution in [2.24, 2.45) is 0 Å². The van der Waals surface area contributed by atoms with Gasteiger partial charge in [-0.3, -0.25) is 9.59 Å². The van der Waals surface area contributed by atoms with Crippen LogP contribution in [-0.2, 0) is 15.6 Å². The van der Waals surface area contributed by atoms with Gasteiger partial charge in [-0.1, -0.05) is 0 Å². The van der Waals surface area contributed by atoms with Gasteiger partial charge in [0, 0.05) is 72.0 Å². The SMILES string of the molecule is O=C1NCC2(CCNCC2)c2[nH]c(-c3ccnc(-c4ccc5c(c4)OCO5)n3)cc21.O=C1NCC2(CCOCC2)c2[nH]c(-c3ccnc(-c4ccc5c(c4)OCO5)n3)cc21. The van der Waals surface area contributed by atoms with Gasteiger partial charge in [0.1, 0.15) is 0 Å². The van der Waals surface area contributed by atoms with Gasteiger partial charge < -0.3 is 49.6 Å². The fraction of sp³-hybridized carbons (Fsp3) is 0.318. The normalized spacial score (nSPS) is 18.9. The van der Waals surface area contributed by atoms with E-state index in [1.54, 1.807) is 12.4 Å². The van der Waals surface area contributed by atoms with Crippen molar-refractivity contribution in [2.75, 3.05) is 53.0 Å². The molecule has 0 bridgehead atoms. The molecule has 0 atom stereocenters. The van der Waals surface area contributed by atoms with E-state index in [4.69, 9.17) is 33.7 Å². The summed E-state index contributed by atoms with van der Waals surface area (Å²) < 4.78 is 27.3. The first-order valence-electron chi connectivity index (χ1n) is 20.2. The number of nitrogens with zero attached hydrogens (tertiary/aromatic N) is 4. The van der Waals surface area contributed by atoms with Crippen molar-refractivity contribution >= 4 is 11.8 Å². The third-order valence-electron chi connectivity index (χ3n) is 12.5. The second-order valence-electron chi connectivity index (χ2n) is 15.9. The molecule has 0 unspecified atom stereocenters. The fourth-order valence-electron chi connectivity index (χ4n) is 9.13. The van der Waals surface area contributed by atoms with Crippen molar-refractivity contribution < 1.29 is 33.3 Å².